The maximum absolute atomic E-state index is 11.1. The van der Waals surface area contributed by atoms with Crippen molar-refractivity contribution < 1.29 is 4.79 Å². The van der Waals surface area contributed by atoms with Crippen LogP contribution in [0.5, 0.6) is 0 Å². The van der Waals surface area contributed by atoms with Crippen LogP contribution in [0, 0.1) is 11.8 Å². The molecule has 1 saturated heterocycles. The third-order valence-electron chi connectivity index (χ3n) is 2.73. The minimum Gasteiger partial charge on any atom is -0.338 e. The van der Waals surface area contributed by atoms with Crippen LogP contribution in [0.25, 0.3) is 0 Å². The van der Waals surface area contributed by atoms with E-state index >= 15 is 0 Å². The summed E-state index contributed by atoms with van der Waals surface area (Å²) in [5, 5.41) is 8.99. The Morgan fingerprint density at radius 3 is 2.75 bits per heavy atom. The fourth-order valence-electron chi connectivity index (χ4n) is 2.00. The molecule has 2 aliphatic rings. The van der Waals surface area contributed by atoms with Crippen molar-refractivity contribution in [2.24, 2.45) is 11.8 Å². The molecule has 0 radical (unpaired) electrons. The van der Waals surface area contributed by atoms with Crippen LogP contribution >= 0.6 is 0 Å². The SMILES string of the molecule is CCNC(=O)NC1C2CNCC21. The molecule has 4 nitrogen and oxygen atoms in total. The van der Waals surface area contributed by atoms with Crippen LogP contribution in [0.4, 0.5) is 4.79 Å². The number of piperidine rings is 1. The first-order valence-corrected chi connectivity index (χ1v) is 4.58. The molecule has 4 heteroatoms. The molecule has 1 saturated carbocycles. The minimum absolute atomic E-state index is 0.0168. The molecule has 0 spiro atoms. The van der Waals surface area contributed by atoms with Crippen LogP contribution in [-0.2, 0) is 0 Å². The van der Waals surface area contributed by atoms with E-state index in [1.165, 1.54) is 0 Å². The molecule has 68 valence electrons. The molecule has 2 unspecified atom stereocenters. The lowest BCUT2D eigenvalue weighted by atomic mass is 10.4. The number of amides is 2. The number of urea groups is 1. The molecular formula is C8H15N3O. The number of carbonyl (C=O) groups is 1. The zero-order valence-electron chi connectivity index (χ0n) is 7.26. The second kappa shape index (κ2) is 2.94. The minimum atomic E-state index is -0.0168. The average Bonchev–Trinajstić information content (AvgIpc) is 2.51. The molecule has 2 amide bonds. The first kappa shape index (κ1) is 7.86. The molecule has 0 aromatic heterocycles. The van der Waals surface area contributed by atoms with Gasteiger partial charge in [-0.05, 0) is 18.8 Å². The Morgan fingerprint density at radius 2 is 2.17 bits per heavy atom. The number of hydrogen-bond donors (Lipinski definition) is 3. The molecule has 1 aliphatic heterocycles. The summed E-state index contributed by atoms with van der Waals surface area (Å²) in [4.78, 5) is 11.1. The Bertz CT molecular complexity index is 185. The number of fused-ring (bicyclic) bond motifs is 1. The fraction of sp³-hybridized carbons (Fsp3) is 0.875. The molecule has 1 heterocycles. The zero-order valence-corrected chi connectivity index (χ0v) is 7.26. The van der Waals surface area contributed by atoms with E-state index < -0.39 is 0 Å². The molecule has 12 heavy (non-hydrogen) atoms. The first-order chi connectivity index (χ1) is 5.83. The normalized spacial score (nSPS) is 37.2. The predicted octanol–water partition coefficient (Wildman–Crippen LogP) is -0.477. The van der Waals surface area contributed by atoms with Crippen molar-refractivity contribution in [1.82, 2.24) is 16.0 Å². The molecule has 0 bridgehead atoms. The quantitative estimate of drug-likeness (QED) is 0.523. The Labute approximate surface area is 72.1 Å². The summed E-state index contributed by atoms with van der Waals surface area (Å²) in [6, 6.07) is 0.426. The highest BCUT2D eigenvalue weighted by Crippen LogP contribution is 2.41. The Morgan fingerprint density at radius 1 is 1.50 bits per heavy atom. The van der Waals surface area contributed by atoms with Crippen molar-refractivity contribution in [3.8, 4) is 0 Å². The third-order valence-corrected chi connectivity index (χ3v) is 2.73. The Balaban J connectivity index is 1.72. The maximum atomic E-state index is 11.1. The van der Waals surface area contributed by atoms with Gasteiger partial charge in [0.1, 0.15) is 0 Å². The summed E-state index contributed by atoms with van der Waals surface area (Å²) in [6.07, 6.45) is 0. The summed E-state index contributed by atoms with van der Waals surface area (Å²) >= 11 is 0. The van der Waals surface area contributed by atoms with Crippen molar-refractivity contribution in [2.75, 3.05) is 19.6 Å². The van der Waals surface area contributed by atoms with E-state index in [1.54, 1.807) is 0 Å². The first-order valence-electron chi connectivity index (χ1n) is 4.58. The van der Waals surface area contributed by atoms with E-state index in [9.17, 15) is 4.79 Å². The van der Waals surface area contributed by atoms with Gasteiger partial charge in [0.05, 0.1) is 0 Å². The molecular weight excluding hydrogens is 154 g/mol. The van der Waals surface area contributed by atoms with E-state index in [4.69, 9.17) is 0 Å². The van der Waals surface area contributed by atoms with E-state index in [-0.39, 0.29) is 6.03 Å². The molecule has 0 aromatic carbocycles. The number of nitrogens with one attached hydrogen (secondary N) is 3. The maximum Gasteiger partial charge on any atom is 0.315 e. The van der Waals surface area contributed by atoms with Crippen LogP contribution in [0.3, 0.4) is 0 Å². The summed E-state index contributed by atoms with van der Waals surface area (Å²) < 4.78 is 0. The van der Waals surface area contributed by atoms with Gasteiger partial charge in [-0.15, -0.1) is 0 Å². The van der Waals surface area contributed by atoms with E-state index in [0.717, 1.165) is 13.1 Å². The summed E-state index contributed by atoms with van der Waals surface area (Å²) in [5.41, 5.74) is 0. The molecule has 1 aliphatic carbocycles. The van der Waals surface area contributed by atoms with E-state index in [1.807, 2.05) is 6.92 Å². The van der Waals surface area contributed by atoms with Gasteiger partial charge in [-0.2, -0.15) is 0 Å². The van der Waals surface area contributed by atoms with Gasteiger partial charge in [0, 0.05) is 25.7 Å². The molecule has 2 rings (SSSR count). The van der Waals surface area contributed by atoms with Gasteiger partial charge in [-0.1, -0.05) is 0 Å². The highest BCUT2D eigenvalue weighted by atomic mass is 16.2. The molecule has 3 N–H and O–H groups in total. The van der Waals surface area contributed by atoms with E-state index in [0.29, 0.717) is 24.4 Å². The standard InChI is InChI=1S/C8H15N3O/c1-2-10-8(12)11-7-5-3-9-4-6(5)7/h5-7,9H,2-4H2,1H3,(H2,10,11,12). The van der Waals surface area contributed by atoms with Crippen molar-refractivity contribution in [3.05, 3.63) is 0 Å². The monoisotopic (exact) mass is 169 g/mol. The van der Waals surface area contributed by atoms with Gasteiger partial charge in [-0.25, -0.2) is 4.79 Å². The van der Waals surface area contributed by atoms with Gasteiger partial charge in [0.15, 0.2) is 0 Å². The molecule has 2 fully saturated rings. The largest absolute Gasteiger partial charge is 0.338 e. The van der Waals surface area contributed by atoms with Crippen LogP contribution < -0.4 is 16.0 Å². The number of carbonyl (C=O) groups excluding carboxylic acids is 1. The fourth-order valence-corrected chi connectivity index (χ4v) is 2.00. The third kappa shape index (κ3) is 1.27. The second-order valence-electron chi connectivity index (χ2n) is 3.52. The van der Waals surface area contributed by atoms with Crippen molar-refractivity contribution in [3.63, 3.8) is 0 Å². The van der Waals surface area contributed by atoms with Crippen LogP contribution in [0.1, 0.15) is 6.92 Å². The van der Waals surface area contributed by atoms with Gasteiger partial charge < -0.3 is 16.0 Å². The van der Waals surface area contributed by atoms with Gasteiger partial charge in [-0.3, -0.25) is 0 Å². The number of hydrogen-bond acceptors (Lipinski definition) is 2. The highest BCUT2D eigenvalue weighted by molar-refractivity contribution is 5.74. The van der Waals surface area contributed by atoms with Gasteiger partial charge in [0.25, 0.3) is 0 Å². The van der Waals surface area contributed by atoms with Crippen molar-refractivity contribution in [1.29, 1.82) is 0 Å². The lowest BCUT2D eigenvalue weighted by molar-refractivity contribution is 0.240. The Hall–Kier alpha value is -0.770. The van der Waals surface area contributed by atoms with Crippen molar-refractivity contribution >= 4 is 6.03 Å². The van der Waals surface area contributed by atoms with E-state index in [2.05, 4.69) is 16.0 Å². The van der Waals surface area contributed by atoms with Gasteiger partial charge >= 0.3 is 6.03 Å². The topological polar surface area (TPSA) is 53.2 Å². The summed E-state index contributed by atoms with van der Waals surface area (Å²) in [6.45, 7) is 4.77. The average molecular weight is 169 g/mol. The Kier molecular flexibility index (Phi) is 1.92. The lowest BCUT2D eigenvalue weighted by Gasteiger charge is -2.07. The highest BCUT2D eigenvalue weighted by Gasteiger charge is 2.53. The van der Waals surface area contributed by atoms with Crippen LogP contribution in [-0.4, -0.2) is 31.7 Å². The second-order valence-corrected chi connectivity index (χ2v) is 3.52. The summed E-state index contributed by atoms with van der Waals surface area (Å²) in [5.74, 6) is 1.40. The predicted molar refractivity (Wildman–Crippen MR) is 45.8 cm³/mol. The van der Waals surface area contributed by atoms with Gasteiger partial charge in [0.2, 0.25) is 0 Å². The lowest BCUT2D eigenvalue weighted by Crippen LogP contribution is -2.39. The van der Waals surface area contributed by atoms with Crippen LogP contribution in [0.15, 0.2) is 0 Å². The van der Waals surface area contributed by atoms with Crippen LogP contribution in [0.2, 0.25) is 0 Å². The zero-order chi connectivity index (χ0) is 8.55. The van der Waals surface area contributed by atoms with Crippen molar-refractivity contribution in [2.45, 2.75) is 13.0 Å². The number of rotatable bonds is 2. The molecule has 2 atom stereocenters. The molecule has 0 aromatic rings. The summed E-state index contributed by atoms with van der Waals surface area (Å²) in [7, 11) is 0. The smallest absolute Gasteiger partial charge is 0.315 e.